The van der Waals surface area contributed by atoms with Gasteiger partial charge in [0.05, 0.1) is 5.56 Å². The Labute approximate surface area is 103 Å². The number of aromatic nitrogens is 1. The monoisotopic (exact) mass is 239 g/mol. The van der Waals surface area contributed by atoms with Crippen LogP contribution in [0.2, 0.25) is 0 Å². The van der Waals surface area contributed by atoms with E-state index in [0.29, 0.717) is 11.5 Å². The predicted octanol–water partition coefficient (Wildman–Crippen LogP) is 3.06. The number of carboxylic acid groups (broad SMARTS) is 1. The molecule has 1 N–H and O–H groups in total. The van der Waals surface area contributed by atoms with Gasteiger partial charge in [0.2, 0.25) is 0 Å². The van der Waals surface area contributed by atoms with Crippen molar-refractivity contribution in [1.29, 1.82) is 0 Å². The Hall–Kier alpha value is -2.62. The summed E-state index contributed by atoms with van der Waals surface area (Å²) in [6.45, 7) is 0. The highest BCUT2D eigenvalue weighted by molar-refractivity contribution is 5.89. The van der Waals surface area contributed by atoms with Crippen LogP contribution in [0.15, 0.2) is 36.5 Å². The molecule has 0 radical (unpaired) electrons. The summed E-state index contributed by atoms with van der Waals surface area (Å²) in [7, 11) is 0. The minimum absolute atomic E-state index is 0.203. The number of ether oxygens (including phenoxy) is 1. The Bertz CT molecular complexity index is 662. The Kier molecular flexibility index (Phi) is 2.34. The van der Waals surface area contributed by atoms with Gasteiger partial charge in [0.25, 0.3) is 0 Å². The molecule has 4 nitrogen and oxygen atoms in total. The molecule has 0 saturated heterocycles. The van der Waals surface area contributed by atoms with Crippen molar-refractivity contribution in [1.82, 2.24) is 4.98 Å². The van der Waals surface area contributed by atoms with E-state index < -0.39 is 5.97 Å². The largest absolute Gasteiger partial charge is 0.478 e. The third-order valence-electron chi connectivity index (χ3n) is 2.70. The van der Waals surface area contributed by atoms with Gasteiger partial charge in [-0.15, -0.1) is 0 Å². The number of aromatic carboxylic acids is 1. The lowest BCUT2D eigenvalue weighted by atomic mass is 10.1. The summed E-state index contributed by atoms with van der Waals surface area (Å²) in [4.78, 5) is 15.1. The van der Waals surface area contributed by atoms with E-state index in [2.05, 4.69) is 4.98 Å². The molecule has 18 heavy (non-hydrogen) atoms. The Morgan fingerprint density at radius 1 is 1.17 bits per heavy atom. The molecule has 0 unspecified atom stereocenters. The first-order valence-corrected chi connectivity index (χ1v) is 5.42. The van der Waals surface area contributed by atoms with E-state index in [0.717, 1.165) is 11.3 Å². The highest BCUT2D eigenvalue weighted by Gasteiger charge is 2.13. The minimum Gasteiger partial charge on any atom is -0.478 e. The second-order valence-electron chi connectivity index (χ2n) is 3.88. The maximum absolute atomic E-state index is 10.9. The lowest BCUT2D eigenvalue weighted by Gasteiger charge is -2.08. The van der Waals surface area contributed by atoms with Crippen LogP contribution in [0.3, 0.4) is 0 Å². The maximum Gasteiger partial charge on any atom is 0.335 e. The molecule has 0 spiro atoms. The summed E-state index contributed by atoms with van der Waals surface area (Å²) in [5.41, 5.74) is 1.76. The molecule has 0 amide bonds. The SMILES string of the molecule is O=C(O)c1ccc2c(c1)Oc1cccnc1C=C2. The lowest BCUT2D eigenvalue weighted by molar-refractivity contribution is 0.0696. The van der Waals surface area contributed by atoms with E-state index >= 15 is 0 Å². The topological polar surface area (TPSA) is 59.4 Å². The highest BCUT2D eigenvalue weighted by Crippen LogP contribution is 2.33. The summed E-state index contributed by atoms with van der Waals surface area (Å²) >= 11 is 0. The number of hydrogen-bond acceptors (Lipinski definition) is 3. The number of nitrogens with zero attached hydrogens (tertiary/aromatic N) is 1. The van der Waals surface area contributed by atoms with Crippen LogP contribution in [-0.2, 0) is 0 Å². The van der Waals surface area contributed by atoms with Crippen molar-refractivity contribution >= 4 is 18.1 Å². The van der Waals surface area contributed by atoms with Gasteiger partial charge in [-0.3, -0.25) is 4.98 Å². The highest BCUT2D eigenvalue weighted by atomic mass is 16.5. The lowest BCUT2D eigenvalue weighted by Crippen LogP contribution is -1.97. The van der Waals surface area contributed by atoms with Crippen molar-refractivity contribution in [3.05, 3.63) is 53.3 Å². The van der Waals surface area contributed by atoms with Crippen LogP contribution in [0.4, 0.5) is 0 Å². The van der Waals surface area contributed by atoms with Crippen molar-refractivity contribution in [2.24, 2.45) is 0 Å². The van der Waals surface area contributed by atoms with Crippen molar-refractivity contribution in [3.8, 4) is 11.5 Å². The third kappa shape index (κ3) is 1.73. The van der Waals surface area contributed by atoms with E-state index in [4.69, 9.17) is 9.84 Å². The number of hydrogen-bond donors (Lipinski definition) is 1. The smallest absolute Gasteiger partial charge is 0.335 e. The van der Waals surface area contributed by atoms with Crippen LogP contribution in [0, 0.1) is 0 Å². The van der Waals surface area contributed by atoms with Gasteiger partial charge in [0.1, 0.15) is 11.4 Å². The first-order valence-electron chi connectivity index (χ1n) is 5.42. The van der Waals surface area contributed by atoms with Gasteiger partial charge >= 0.3 is 5.97 Å². The van der Waals surface area contributed by atoms with Crippen LogP contribution in [-0.4, -0.2) is 16.1 Å². The summed E-state index contributed by atoms with van der Waals surface area (Å²) in [5, 5.41) is 8.97. The number of pyridine rings is 1. The van der Waals surface area contributed by atoms with Gasteiger partial charge in [0.15, 0.2) is 5.75 Å². The molecule has 4 heteroatoms. The molecule has 0 bridgehead atoms. The fraction of sp³-hybridized carbons (Fsp3) is 0. The molecule has 2 aromatic rings. The van der Waals surface area contributed by atoms with Crippen molar-refractivity contribution in [3.63, 3.8) is 0 Å². The number of benzene rings is 1. The fourth-order valence-corrected chi connectivity index (χ4v) is 1.79. The zero-order chi connectivity index (χ0) is 12.5. The molecule has 1 aromatic heterocycles. The van der Waals surface area contributed by atoms with Crippen molar-refractivity contribution < 1.29 is 14.6 Å². The minimum atomic E-state index is -0.971. The average Bonchev–Trinajstić information content (AvgIpc) is 2.56. The first-order chi connectivity index (χ1) is 8.74. The number of rotatable bonds is 1. The third-order valence-corrected chi connectivity index (χ3v) is 2.70. The molecule has 88 valence electrons. The zero-order valence-corrected chi connectivity index (χ0v) is 9.33. The molecular weight excluding hydrogens is 230 g/mol. The van der Waals surface area contributed by atoms with Crippen molar-refractivity contribution in [2.45, 2.75) is 0 Å². The fourth-order valence-electron chi connectivity index (χ4n) is 1.79. The molecule has 2 heterocycles. The Morgan fingerprint density at radius 3 is 2.89 bits per heavy atom. The maximum atomic E-state index is 10.9. The summed E-state index contributed by atoms with van der Waals surface area (Å²) < 4.78 is 5.70. The molecule has 0 saturated carbocycles. The molecular formula is C14H9NO3. The van der Waals surface area contributed by atoms with Gasteiger partial charge in [-0.05, 0) is 36.4 Å². The van der Waals surface area contributed by atoms with Gasteiger partial charge in [-0.25, -0.2) is 4.79 Å². The molecule has 1 aromatic carbocycles. The van der Waals surface area contributed by atoms with E-state index in [1.165, 1.54) is 6.07 Å². The first kappa shape index (κ1) is 10.5. The molecule has 3 rings (SSSR count). The van der Waals surface area contributed by atoms with Crippen molar-refractivity contribution in [2.75, 3.05) is 0 Å². The number of fused-ring (bicyclic) bond motifs is 2. The van der Waals surface area contributed by atoms with E-state index in [1.807, 2.05) is 12.2 Å². The van der Waals surface area contributed by atoms with Gasteiger partial charge in [-0.2, -0.15) is 0 Å². The van der Waals surface area contributed by atoms with E-state index in [-0.39, 0.29) is 5.56 Å². The van der Waals surface area contributed by atoms with Gasteiger partial charge in [-0.1, -0.05) is 6.07 Å². The summed E-state index contributed by atoms with van der Waals surface area (Å²) in [6, 6.07) is 8.37. The van der Waals surface area contributed by atoms with Gasteiger partial charge < -0.3 is 9.84 Å². The standard InChI is InChI=1S/C14H9NO3/c16-14(17)10-4-3-9-5-6-11-12(2-1-7-15-11)18-13(9)8-10/h1-8H,(H,16,17). The second-order valence-corrected chi connectivity index (χ2v) is 3.88. The summed E-state index contributed by atoms with van der Waals surface area (Å²) in [6.07, 6.45) is 5.40. The molecule has 0 fully saturated rings. The van der Waals surface area contributed by atoms with Crippen LogP contribution >= 0.6 is 0 Å². The number of carboxylic acids is 1. The van der Waals surface area contributed by atoms with Gasteiger partial charge in [0, 0.05) is 11.8 Å². The number of carbonyl (C=O) groups is 1. The second kappa shape index (κ2) is 4.00. The van der Waals surface area contributed by atoms with Crippen LogP contribution < -0.4 is 4.74 Å². The Balaban J connectivity index is 2.13. The van der Waals surface area contributed by atoms with Crippen LogP contribution in [0.1, 0.15) is 21.6 Å². The molecule has 0 aliphatic carbocycles. The predicted molar refractivity (Wildman–Crippen MR) is 66.6 cm³/mol. The summed E-state index contributed by atoms with van der Waals surface area (Å²) in [5.74, 6) is 0.175. The van der Waals surface area contributed by atoms with Crippen LogP contribution in [0.25, 0.3) is 12.2 Å². The van der Waals surface area contributed by atoms with E-state index in [1.54, 1.807) is 30.5 Å². The van der Waals surface area contributed by atoms with Crippen LogP contribution in [0.5, 0.6) is 11.5 Å². The molecule has 1 aliphatic rings. The van der Waals surface area contributed by atoms with E-state index in [9.17, 15) is 4.79 Å². The average molecular weight is 239 g/mol. The molecule has 1 aliphatic heterocycles. The quantitative estimate of drug-likeness (QED) is 0.709. The zero-order valence-electron chi connectivity index (χ0n) is 9.33. The Morgan fingerprint density at radius 2 is 2.06 bits per heavy atom. The normalized spacial score (nSPS) is 12.0. The molecule has 0 atom stereocenters.